The van der Waals surface area contributed by atoms with Crippen molar-refractivity contribution in [2.75, 3.05) is 32.6 Å². The Morgan fingerprint density at radius 2 is 2.11 bits per heavy atom. The lowest BCUT2D eigenvalue weighted by Crippen LogP contribution is -2.50. The zero-order valence-electron chi connectivity index (χ0n) is 11.4. The van der Waals surface area contributed by atoms with Crippen LogP contribution in [0.15, 0.2) is 0 Å². The van der Waals surface area contributed by atoms with Crippen molar-refractivity contribution < 1.29 is 13.7 Å². The lowest BCUT2D eigenvalue weighted by molar-refractivity contribution is -0.140. The maximum absolute atomic E-state index is 11.3. The van der Waals surface area contributed by atoms with Crippen LogP contribution in [0.25, 0.3) is 0 Å². The van der Waals surface area contributed by atoms with Gasteiger partial charge in [0.15, 0.2) is 0 Å². The molecule has 5 heteroatoms. The van der Waals surface area contributed by atoms with Gasteiger partial charge in [-0.15, -0.1) is 0 Å². The fourth-order valence-corrected chi connectivity index (χ4v) is 3.07. The van der Waals surface area contributed by atoms with E-state index < -0.39 is 10.8 Å². The average Bonchev–Trinajstić information content (AvgIpc) is 2.37. The summed E-state index contributed by atoms with van der Waals surface area (Å²) in [5, 5.41) is 3.78. The predicted molar refractivity (Wildman–Crippen MR) is 73.3 cm³/mol. The molecule has 0 amide bonds. The molecular weight excluding hydrogens is 250 g/mol. The van der Waals surface area contributed by atoms with Gasteiger partial charge < -0.3 is 14.8 Å². The van der Waals surface area contributed by atoms with E-state index in [2.05, 4.69) is 5.32 Å². The van der Waals surface area contributed by atoms with Crippen LogP contribution in [-0.2, 0) is 20.3 Å². The van der Waals surface area contributed by atoms with Gasteiger partial charge in [0.2, 0.25) is 0 Å². The molecule has 1 spiro atoms. The van der Waals surface area contributed by atoms with Crippen molar-refractivity contribution in [1.29, 1.82) is 0 Å². The first-order chi connectivity index (χ1) is 8.61. The Morgan fingerprint density at radius 3 is 2.78 bits per heavy atom. The highest BCUT2D eigenvalue weighted by Crippen LogP contribution is 2.34. The number of hydrogen-bond donors (Lipinski definition) is 1. The second-order valence-corrected chi connectivity index (χ2v) is 7.35. The SMILES string of the molecule is CC(CNC1CCOC2(CCOCC2)C1)S(C)=O. The summed E-state index contributed by atoms with van der Waals surface area (Å²) in [5.74, 6) is 0. The Bertz CT molecular complexity index is 286. The first-order valence-electron chi connectivity index (χ1n) is 6.89. The molecule has 2 fully saturated rings. The van der Waals surface area contributed by atoms with E-state index in [1.54, 1.807) is 6.26 Å². The van der Waals surface area contributed by atoms with Crippen molar-refractivity contribution in [3.8, 4) is 0 Å². The third-order valence-electron chi connectivity index (χ3n) is 4.16. The smallest absolute Gasteiger partial charge is 0.0741 e. The Labute approximate surface area is 112 Å². The van der Waals surface area contributed by atoms with Crippen molar-refractivity contribution in [2.24, 2.45) is 0 Å². The van der Waals surface area contributed by atoms with Gasteiger partial charge in [0.1, 0.15) is 0 Å². The molecule has 18 heavy (non-hydrogen) atoms. The molecule has 3 unspecified atom stereocenters. The van der Waals surface area contributed by atoms with Crippen LogP contribution in [0.1, 0.15) is 32.6 Å². The first-order valence-corrected chi connectivity index (χ1v) is 8.51. The molecule has 2 aliphatic heterocycles. The fourth-order valence-electron chi connectivity index (χ4n) is 2.74. The lowest BCUT2D eigenvalue weighted by Gasteiger charge is -2.43. The van der Waals surface area contributed by atoms with Gasteiger partial charge in [-0.1, -0.05) is 0 Å². The highest BCUT2D eigenvalue weighted by atomic mass is 32.2. The molecule has 0 radical (unpaired) electrons. The molecule has 2 heterocycles. The van der Waals surface area contributed by atoms with Crippen LogP contribution in [0.2, 0.25) is 0 Å². The van der Waals surface area contributed by atoms with Crippen molar-refractivity contribution >= 4 is 10.8 Å². The van der Waals surface area contributed by atoms with E-state index in [4.69, 9.17) is 9.47 Å². The van der Waals surface area contributed by atoms with Gasteiger partial charge in [-0.25, -0.2) is 0 Å². The number of nitrogens with one attached hydrogen (secondary N) is 1. The largest absolute Gasteiger partial charge is 0.381 e. The molecule has 2 saturated heterocycles. The van der Waals surface area contributed by atoms with E-state index in [0.717, 1.165) is 52.0 Å². The van der Waals surface area contributed by atoms with Gasteiger partial charge in [-0.3, -0.25) is 4.21 Å². The van der Waals surface area contributed by atoms with E-state index in [-0.39, 0.29) is 10.9 Å². The van der Waals surface area contributed by atoms with Crippen LogP contribution >= 0.6 is 0 Å². The topological polar surface area (TPSA) is 47.6 Å². The summed E-state index contributed by atoms with van der Waals surface area (Å²) < 4.78 is 22.8. The molecule has 0 saturated carbocycles. The van der Waals surface area contributed by atoms with Crippen molar-refractivity contribution in [3.63, 3.8) is 0 Å². The van der Waals surface area contributed by atoms with Crippen LogP contribution in [0.4, 0.5) is 0 Å². The van der Waals surface area contributed by atoms with E-state index in [1.807, 2.05) is 6.92 Å². The molecule has 2 rings (SSSR count). The third-order valence-corrected chi connectivity index (χ3v) is 5.46. The normalized spacial score (nSPS) is 31.1. The van der Waals surface area contributed by atoms with Crippen LogP contribution in [0, 0.1) is 0 Å². The van der Waals surface area contributed by atoms with Crippen molar-refractivity contribution in [1.82, 2.24) is 5.32 Å². The second-order valence-electron chi connectivity index (χ2n) is 5.55. The number of hydrogen-bond acceptors (Lipinski definition) is 4. The molecule has 3 atom stereocenters. The van der Waals surface area contributed by atoms with Crippen LogP contribution < -0.4 is 5.32 Å². The first kappa shape index (κ1) is 14.4. The Hall–Kier alpha value is 0.0300. The Balaban J connectivity index is 1.81. The van der Waals surface area contributed by atoms with E-state index in [1.165, 1.54) is 0 Å². The predicted octanol–water partition coefficient (Wildman–Crippen LogP) is 1.07. The zero-order valence-corrected chi connectivity index (χ0v) is 12.3. The standard InChI is InChI=1S/C13H25NO3S/c1-11(18(2)15)10-14-12-3-6-17-13(9-12)4-7-16-8-5-13/h11-12,14H,3-10H2,1-2H3. The molecule has 0 aromatic rings. The Morgan fingerprint density at radius 1 is 1.39 bits per heavy atom. The van der Waals surface area contributed by atoms with Gasteiger partial charge in [0.05, 0.1) is 5.60 Å². The number of ether oxygens (including phenoxy) is 2. The minimum atomic E-state index is -0.742. The average molecular weight is 275 g/mol. The monoisotopic (exact) mass is 275 g/mol. The third kappa shape index (κ3) is 3.76. The van der Waals surface area contributed by atoms with Gasteiger partial charge in [0.25, 0.3) is 0 Å². The van der Waals surface area contributed by atoms with Gasteiger partial charge in [0, 0.05) is 54.7 Å². The van der Waals surface area contributed by atoms with Crippen molar-refractivity contribution in [3.05, 3.63) is 0 Å². The molecule has 1 N–H and O–H groups in total. The van der Waals surface area contributed by atoms with Crippen LogP contribution in [0.5, 0.6) is 0 Å². The van der Waals surface area contributed by atoms with E-state index in [9.17, 15) is 4.21 Å². The summed E-state index contributed by atoms with van der Waals surface area (Å²) in [6, 6.07) is 0.503. The summed E-state index contributed by atoms with van der Waals surface area (Å²) in [6.07, 6.45) is 5.93. The van der Waals surface area contributed by atoms with Gasteiger partial charge in [-0.05, 0) is 32.6 Å². The maximum atomic E-state index is 11.3. The maximum Gasteiger partial charge on any atom is 0.0741 e. The zero-order chi connectivity index (χ0) is 13.0. The molecule has 4 nitrogen and oxygen atoms in total. The second kappa shape index (κ2) is 6.46. The fraction of sp³-hybridized carbons (Fsp3) is 1.00. The minimum Gasteiger partial charge on any atom is -0.381 e. The molecule has 2 aliphatic rings. The summed E-state index contributed by atoms with van der Waals surface area (Å²) in [7, 11) is -0.742. The summed E-state index contributed by atoms with van der Waals surface area (Å²) in [5.41, 5.74) is 0.0444. The summed E-state index contributed by atoms with van der Waals surface area (Å²) in [4.78, 5) is 0. The Kier molecular flexibility index (Phi) is 5.18. The molecule has 0 aromatic heterocycles. The number of rotatable bonds is 4. The summed E-state index contributed by atoms with van der Waals surface area (Å²) >= 11 is 0. The quantitative estimate of drug-likeness (QED) is 0.834. The van der Waals surface area contributed by atoms with Gasteiger partial charge >= 0.3 is 0 Å². The highest BCUT2D eigenvalue weighted by Gasteiger charge is 2.38. The molecule has 106 valence electrons. The molecule has 0 bridgehead atoms. The van der Waals surface area contributed by atoms with E-state index >= 15 is 0 Å². The minimum absolute atomic E-state index is 0.0444. The molecular formula is C13H25NO3S. The van der Waals surface area contributed by atoms with Crippen LogP contribution in [0.3, 0.4) is 0 Å². The molecule has 0 aliphatic carbocycles. The summed E-state index contributed by atoms with van der Waals surface area (Å²) in [6.45, 7) is 5.35. The van der Waals surface area contributed by atoms with Crippen LogP contribution in [-0.4, -0.2) is 53.7 Å². The van der Waals surface area contributed by atoms with Gasteiger partial charge in [-0.2, -0.15) is 0 Å². The van der Waals surface area contributed by atoms with E-state index in [0.29, 0.717) is 6.04 Å². The highest BCUT2D eigenvalue weighted by molar-refractivity contribution is 7.84. The lowest BCUT2D eigenvalue weighted by atomic mass is 9.84. The molecule has 0 aromatic carbocycles. The van der Waals surface area contributed by atoms with Crippen molar-refractivity contribution in [2.45, 2.75) is 49.5 Å².